The molecule has 88 valence electrons. The summed E-state index contributed by atoms with van der Waals surface area (Å²) in [6, 6.07) is 3.75. The Kier molecular flexibility index (Phi) is 4.43. The quantitative estimate of drug-likeness (QED) is 0.705. The van der Waals surface area contributed by atoms with Crippen LogP contribution in [-0.2, 0) is 0 Å². The second-order valence-electron chi connectivity index (χ2n) is 3.71. The topological polar surface area (TPSA) is 69.6 Å². The van der Waals surface area contributed by atoms with E-state index in [2.05, 4.69) is 5.32 Å². The monoisotopic (exact) mass is 243 g/mol. The maximum Gasteiger partial charge on any atom is 0.251 e. The summed E-state index contributed by atoms with van der Waals surface area (Å²) >= 11 is 5.60. The van der Waals surface area contributed by atoms with Crippen molar-refractivity contribution in [3.05, 3.63) is 23.8 Å². The number of hydrogen-bond donors (Lipinski definition) is 3. The molecule has 0 aliphatic heterocycles. The van der Waals surface area contributed by atoms with E-state index in [0.29, 0.717) is 12.4 Å². The molecular weight excluding hydrogens is 230 g/mol. The maximum atomic E-state index is 11.6. The summed E-state index contributed by atoms with van der Waals surface area (Å²) in [5, 5.41) is 21.1. The maximum absolute atomic E-state index is 11.6. The largest absolute Gasteiger partial charge is 0.508 e. The van der Waals surface area contributed by atoms with Gasteiger partial charge in [0.05, 0.1) is 0 Å². The number of amides is 1. The van der Waals surface area contributed by atoms with Crippen molar-refractivity contribution in [3.8, 4) is 11.5 Å². The molecule has 0 aromatic heterocycles. The van der Waals surface area contributed by atoms with Gasteiger partial charge in [-0.2, -0.15) is 0 Å². The first-order valence-electron chi connectivity index (χ1n) is 4.90. The molecule has 16 heavy (non-hydrogen) atoms. The van der Waals surface area contributed by atoms with Crippen LogP contribution in [0.15, 0.2) is 18.2 Å². The molecule has 1 amide bonds. The Labute approximate surface area is 98.9 Å². The van der Waals surface area contributed by atoms with E-state index in [-0.39, 0.29) is 28.9 Å². The van der Waals surface area contributed by atoms with E-state index in [9.17, 15) is 15.0 Å². The third kappa shape index (κ3) is 3.62. The van der Waals surface area contributed by atoms with E-state index >= 15 is 0 Å². The predicted octanol–water partition coefficient (Wildman–Crippen LogP) is 1.70. The Morgan fingerprint density at radius 2 is 1.94 bits per heavy atom. The van der Waals surface area contributed by atoms with Crippen LogP contribution in [0.1, 0.15) is 17.3 Å². The zero-order valence-electron chi connectivity index (χ0n) is 8.90. The minimum Gasteiger partial charge on any atom is -0.508 e. The Bertz CT molecular complexity index is 361. The Hall–Kier alpha value is -1.42. The molecule has 3 N–H and O–H groups in total. The van der Waals surface area contributed by atoms with Crippen LogP contribution in [0.4, 0.5) is 0 Å². The lowest BCUT2D eigenvalue weighted by Crippen LogP contribution is -2.28. The number of hydrogen-bond acceptors (Lipinski definition) is 3. The lowest BCUT2D eigenvalue weighted by atomic mass is 10.1. The van der Waals surface area contributed by atoms with Crippen LogP contribution in [0.5, 0.6) is 11.5 Å². The second kappa shape index (κ2) is 5.61. The first kappa shape index (κ1) is 12.6. The molecule has 0 aliphatic rings. The van der Waals surface area contributed by atoms with Crippen molar-refractivity contribution >= 4 is 17.5 Å². The molecule has 0 saturated heterocycles. The highest BCUT2D eigenvalue weighted by molar-refractivity contribution is 6.18. The molecule has 1 atom stereocenters. The Balaban J connectivity index is 2.66. The highest BCUT2D eigenvalue weighted by Crippen LogP contribution is 2.20. The van der Waals surface area contributed by atoms with Gasteiger partial charge in [0.25, 0.3) is 5.91 Å². The molecule has 1 rings (SSSR count). The van der Waals surface area contributed by atoms with Gasteiger partial charge in [-0.15, -0.1) is 11.6 Å². The fourth-order valence-corrected chi connectivity index (χ4v) is 1.26. The summed E-state index contributed by atoms with van der Waals surface area (Å²) in [6.07, 6.45) is 0. The molecule has 1 aromatic rings. The number of halogens is 1. The first-order chi connectivity index (χ1) is 7.52. The minimum atomic E-state index is -0.344. The van der Waals surface area contributed by atoms with Crippen LogP contribution >= 0.6 is 11.6 Å². The molecular formula is C11H14ClNO3. The van der Waals surface area contributed by atoms with E-state index < -0.39 is 0 Å². The molecule has 0 saturated carbocycles. The SMILES string of the molecule is CC(CCl)CNC(=O)c1cc(O)cc(O)c1. The number of phenols is 2. The van der Waals surface area contributed by atoms with Gasteiger partial charge in [0.15, 0.2) is 0 Å². The highest BCUT2D eigenvalue weighted by Gasteiger charge is 2.09. The zero-order chi connectivity index (χ0) is 12.1. The van der Waals surface area contributed by atoms with Crippen molar-refractivity contribution in [2.45, 2.75) is 6.92 Å². The van der Waals surface area contributed by atoms with Crippen LogP contribution in [0.2, 0.25) is 0 Å². The third-order valence-electron chi connectivity index (χ3n) is 2.04. The smallest absolute Gasteiger partial charge is 0.251 e. The number of alkyl halides is 1. The summed E-state index contributed by atoms with van der Waals surface area (Å²) in [4.78, 5) is 11.6. The lowest BCUT2D eigenvalue weighted by Gasteiger charge is -2.09. The van der Waals surface area contributed by atoms with Gasteiger partial charge in [-0.3, -0.25) is 4.79 Å². The van der Waals surface area contributed by atoms with Crippen LogP contribution in [0, 0.1) is 5.92 Å². The number of phenolic OH excluding ortho intramolecular Hbond substituents is 2. The fourth-order valence-electron chi connectivity index (χ4n) is 1.15. The van der Waals surface area contributed by atoms with Gasteiger partial charge >= 0.3 is 0 Å². The molecule has 0 aliphatic carbocycles. The van der Waals surface area contributed by atoms with Gasteiger partial charge in [-0.05, 0) is 18.1 Å². The van der Waals surface area contributed by atoms with Gasteiger partial charge < -0.3 is 15.5 Å². The minimum absolute atomic E-state index is 0.143. The number of nitrogens with one attached hydrogen (secondary N) is 1. The molecule has 0 heterocycles. The highest BCUT2D eigenvalue weighted by atomic mass is 35.5. The Morgan fingerprint density at radius 3 is 2.44 bits per heavy atom. The van der Waals surface area contributed by atoms with Crippen molar-refractivity contribution < 1.29 is 15.0 Å². The summed E-state index contributed by atoms with van der Waals surface area (Å²) < 4.78 is 0. The van der Waals surface area contributed by atoms with Crippen LogP contribution in [0.3, 0.4) is 0 Å². The predicted molar refractivity (Wildman–Crippen MR) is 62.0 cm³/mol. The molecule has 1 unspecified atom stereocenters. The van der Waals surface area contributed by atoms with Crippen molar-refractivity contribution in [1.82, 2.24) is 5.32 Å². The van der Waals surface area contributed by atoms with E-state index in [1.165, 1.54) is 12.1 Å². The van der Waals surface area contributed by atoms with Crippen molar-refractivity contribution in [2.24, 2.45) is 5.92 Å². The van der Waals surface area contributed by atoms with Crippen molar-refractivity contribution in [2.75, 3.05) is 12.4 Å². The molecule has 0 radical (unpaired) electrons. The van der Waals surface area contributed by atoms with Gasteiger partial charge in [-0.25, -0.2) is 0 Å². The average Bonchev–Trinajstić information content (AvgIpc) is 2.23. The number of carbonyl (C=O) groups excluding carboxylic acids is 1. The number of rotatable bonds is 4. The van der Waals surface area contributed by atoms with E-state index in [4.69, 9.17) is 11.6 Å². The van der Waals surface area contributed by atoms with E-state index in [0.717, 1.165) is 6.07 Å². The van der Waals surface area contributed by atoms with Gasteiger partial charge in [0.1, 0.15) is 11.5 Å². The number of carbonyl (C=O) groups is 1. The van der Waals surface area contributed by atoms with Crippen molar-refractivity contribution in [3.63, 3.8) is 0 Å². The number of benzene rings is 1. The van der Waals surface area contributed by atoms with Crippen molar-refractivity contribution in [1.29, 1.82) is 0 Å². The average molecular weight is 244 g/mol. The normalized spacial score (nSPS) is 12.1. The van der Waals surface area contributed by atoms with Crippen LogP contribution in [-0.4, -0.2) is 28.5 Å². The fraction of sp³-hybridized carbons (Fsp3) is 0.364. The van der Waals surface area contributed by atoms with Crippen LogP contribution in [0.25, 0.3) is 0 Å². The van der Waals surface area contributed by atoms with Gasteiger partial charge in [0.2, 0.25) is 0 Å². The summed E-state index contributed by atoms with van der Waals surface area (Å²) in [5.41, 5.74) is 0.222. The summed E-state index contributed by atoms with van der Waals surface area (Å²) in [5.74, 6) is 0.0109. The Morgan fingerprint density at radius 1 is 1.38 bits per heavy atom. The molecule has 0 fully saturated rings. The molecule has 1 aromatic carbocycles. The standard InChI is InChI=1S/C11H14ClNO3/c1-7(5-12)6-13-11(16)8-2-9(14)4-10(15)3-8/h2-4,7,14-15H,5-6H2,1H3,(H,13,16). The third-order valence-corrected chi connectivity index (χ3v) is 2.57. The van der Waals surface area contributed by atoms with Crippen LogP contribution < -0.4 is 5.32 Å². The van der Waals surface area contributed by atoms with Gasteiger partial charge in [0, 0.05) is 24.1 Å². The van der Waals surface area contributed by atoms with Gasteiger partial charge in [-0.1, -0.05) is 6.92 Å². The number of aromatic hydroxyl groups is 2. The summed E-state index contributed by atoms with van der Waals surface area (Å²) in [6.45, 7) is 2.37. The zero-order valence-corrected chi connectivity index (χ0v) is 9.66. The lowest BCUT2D eigenvalue weighted by molar-refractivity contribution is 0.0948. The molecule has 0 spiro atoms. The van der Waals surface area contributed by atoms with E-state index in [1.807, 2.05) is 6.92 Å². The molecule has 4 nitrogen and oxygen atoms in total. The first-order valence-corrected chi connectivity index (χ1v) is 5.43. The van der Waals surface area contributed by atoms with E-state index in [1.54, 1.807) is 0 Å². The molecule has 0 bridgehead atoms. The second-order valence-corrected chi connectivity index (χ2v) is 4.02. The molecule has 5 heteroatoms. The summed E-state index contributed by atoms with van der Waals surface area (Å²) in [7, 11) is 0.